The van der Waals surface area contributed by atoms with Crippen LogP contribution in [0.25, 0.3) is 0 Å². The lowest BCUT2D eigenvalue weighted by Crippen LogP contribution is -2.44. The lowest BCUT2D eigenvalue weighted by atomic mass is 9.96. The minimum absolute atomic E-state index is 0.0533. The van der Waals surface area contributed by atoms with E-state index in [1.807, 2.05) is 6.92 Å². The maximum Gasteiger partial charge on any atom is 0.324 e. The molecule has 1 heterocycles. The van der Waals surface area contributed by atoms with Crippen molar-refractivity contribution in [2.75, 3.05) is 6.54 Å². The number of piperidine rings is 1. The summed E-state index contributed by atoms with van der Waals surface area (Å²) in [7, 11) is 0. The second-order valence-electron chi connectivity index (χ2n) is 6.16. The molecule has 5 heteroatoms. The zero-order valence-corrected chi connectivity index (χ0v) is 10.6. The minimum Gasteiger partial charge on any atom is -0.481 e. The largest absolute Gasteiger partial charge is 0.481 e. The number of rotatable bonds is 2. The second kappa shape index (κ2) is 3.45. The zero-order chi connectivity index (χ0) is 13.0. The van der Waals surface area contributed by atoms with Crippen LogP contribution in [0.4, 0.5) is 0 Å². The van der Waals surface area contributed by atoms with Crippen molar-refractivity contribution in [2.24, 2.45) is 17.3 Å². The Morgan fingerprint density at radius 2 is 2.00 bits per heavy atom. The molecule has 2 rings (SSSR count). The van der Waals surface area contributed by atoms with Crippen LogP contribution in [0.1, 0.15) is 27.7 Å². The first kappa shape index (κ1) is 12.4. The van der Waals surface area contributed by atoms with Crippen molar-refractivity contribution >= 4 is 11.9 Å². The summed E-state index contributed by atoms with van der Waals surface area (Å²) in [4.78, 5) is 23.0. The Morgan fingerprint density at radius 1 is 1.41 bits per heavy atom. The highest BCUT2D eigenvalue weighted by Crippen LogP contribution is 2.63. The van der Waals surface area contributed by atoms with Crippen LogP contribution in [-0.4, -0.2) is 35.2 Å². The average Bonchev–Trinajstić information content (AvgIpc) is 2.56. The average molecular weight is 241 g/mol. The number of carbonyl (C=O) groups is 2. The van der Waals surface area contributed by atoms with Crippen molar-refractivity contribution < 1.29 is 19.4 Å². The molecule has 0 bridgehead atoms. The third-order valence-corrected chi connectivity index (χ3v) is 3.83. The van der Waals surface area contributed by atoms with Gasteiger partial charge in [-0.25, -0.2) is 0 Å². The first-order chi connectivity index (χ1) is 7.68. The van der Waals surface area contributed by atoms with Crippen LogP contribution in [0, 0.1) is 17.3 Å². The molecular weight excluding hydrogens is 222 g/mol. The quantitative estimate of drug-likeness (QED) is 0.694. The van der Waals surface area contributed by atoms with Crippen LogP contribution >= 0.6 is 0 Å². The smallest absolute Gasteiger partial charge is 0.324 e. The Morgan fingerprint density at radius 3 is 2.41 bits per heavy atom. The topological polar surface area (TPSA) is 75.6 Å². The van der Waals surface area contributed by atoms with Gasteiger partial charge in [0.1, 0.15) is 11.6 Å². The van der Waals surface area contributed by atoms with Crippen LogP contribution in [0.15, 0.2) is 0 Å². The first-order valence-electron chi connectivity index (χ1n) is 5.87. The number of aliphatic carboxylic acids is 1. The van der Waals surface area contributed by atoms with Crippen LogP contribution < -0.4 is 5.32 Å². The van der Waals surface area contributed by atoms with Crippen molar-refractivity contribution in [3.05, 3.63) is 0 Å². The Balaban J connectivity index is 2.09. The van der Waals surface area contributed by atoms with Gasteiger partial charge >= 0.3 is 11.9 Å². The normalized spacial score (nSPS) is 39.6. The van der Waals surface area contributed by atoms with Gasteiger partial charge in [0.2, 0.25) is 0 Å². The molecule has 0 spiro atoms. The van der Waals surface area contributed by atoms with Crippen molar-refractivity contribution in [2.45, 2.75) is 39.3 Å². The Bertz CT molecular complexity index is 373. The van der Waals surface area contributed by atoms with Crippen LogP contribution in [-0.2, 0) is 14.3 Å². The van der Waals surface area contributed by atoms with Crippen LogP contribution in [0.2, 0.25) is 0 Å². The summed E-state index contributed by atoms with van der Waals surface area (Å²) in [6.07, 6.45) is 0. The molecule has 96 valence electrons. The van der Waals surface area contributed by atoms with E-state index in [0.717, 1.165) is 0 Å². The van der Waals surface area contributed by atoms with Crippen molar-refractivity contribution in [3.8, 4) is 0 Å². The molecule has 2 fully saturated rings. The molecule has 4 atom stereocenters. The van der Waals surface area contributed by atoms with Gasteiger partial charge in [-0.3, -0.25) is 9.59 Å². The number of ether oxygens (including phenoxy) is 1. The molecule has 17 heavy (non-hydrogen) atoms. The van der Waals surface area contributed by atoms with Gasteiger partial charge in [0.05, 0.1) is 5.92 Å². The van der Waals surface area contributed by atoms with Gasteiger partial charge in [0.15, 0.2) is 0 Å². The SMILES string of the molecule is CC(C)(C)OC(=O)C1NCC2C(C(=O)O)C12C. The van der Waals surface area contributed by atoms with E-state index in [9.17, 15) is 9.59 Å². The van der Waals surface area contributed by atoms with Gasteiger partial charge in [-0.2, -0.15) is 0 Å². The first-order valence-corrected chi connectivity index (χ1v) is 5.87. The summed E-state index contributed by atoms with van der Waals surface area (Å²) in [6, 6.07) is -0.493. The van der Waals surface area contributed by atoms with E-state index < -0.39 is 28.9 Å². The van der Waals surface area contributed by atoms with E-state index >= 15 is 0 Å². The number of hydrogen-bond acceptors (Lipinski definition) is 4. The fourth-order valence-electron chi connectivity index (χ4n) is 2.96. The van der Waals surface area contributed by atoms with Gasteiger partial charge in [-0.05, 0) is 26.7 Å². The number of carboxylic acid groups (broad SMARTS) is 1. The predicted octanol–water partition coefficient (Wildman–Crippen LogP) is 0.637. The third-order valence-electron chi connectivity index (χ3n) is 3.83. The Labute approximate surface area is 101 Å². The Kier molecular flexibility index (Phi) is 2.51. The molecule has 1 aliphatic heterocycles. The molecule has 0 radical (unpaired) electrons. The standard InChI is InChI=1S/C12H19NO4/c1-11(2,3)17-10(16)8-12(4)6(5-13-8)7(12)9(14)15/h6-8,13H,5H2,1-4H3,(H,14,15). The molecule has 0 aromatic rings. The summed E-state index contributed by atoms with van der Waals surface area (Å²) >= 11 is 0. The molecule has 0 aromatic carbocycles. The van der Waals surface area contributed by atoms with Crippen molar-refractivity contribution in [1.82, 2.24) is 5.32 Å². The summed E-state index contributed by atoms with van der Waals surface area (Å²) in [5.41, 5.74) is -1.02. The van der Waals surface area contributed by atoms with E-state index in [1.165, 1.54) is 0 Å². The van der Waals surface area contributed by atoms with E-state index in [4.69, 9.17) is 9.84 Å². The number of carboxylic acids is 1. The maximum atomic E-state index is 12.0. The summed E-state index contributed by atoms with van der Waals surface area (Å²) in [6.45, 7) is 7.85. The molecule has 5 nitrogen and oxygen atoms in total. The molecule has 4 unspecified atom stereocenters. The van der Waals surface area contributed by atoms with Gasteiger partial charge in [0.25, 0.3) is 0 Å². The molecule has 1 saturated carbocycles. The van der Waals surface area contributed by atoms with E-state index in [2.05, 4.69) is 5.32 Å². The number of hydrogen-bond donors (Lipinski definition) is 2. The summed E-state index contributed by atoms with van der Waals surface area (Å²) in [5, 5.41) is 12.1. The zero-order valence-electron chi connectivity index (χ0n) is 10.6. The van der Waals surface area contributed by atoms with Crippen molar-refractivity contribution in [1.29, 1.82) is 0 Å². The number of nitrogens with one attached hydrogen (secondary N) is 1. The lowest BCUT2D eigenvalue weighted by Gasteiger charge is -2.26. The minimum atomic E-state index is -0.812. The van der Waals surface area contributed by atoms with Crippen LogP contribution in [0.3, 0.4) is 0 Å². The molecular formula is C12H19NO4. The molecule has 2 aliphatic rings. The number of fused-ring (bicyclic) bond motifs is 1. The lowest BCUT2D eigenvalue weighted by molar-refractivity contribution is -0.159. The van der Waals surface area contributed by atoms with Crippen molar-refractivity contribution in [3.63, 3.8) is 0 Å². The Hall–Kier alpha value is -1.10. The highest BCUT2D eigenvalue weighted by Gasteiger charge is 2.73. The monoisotopic (exact) mass is 241 g/mol. The summed E-state index contributed by atoms with van der Waals surface area (Å²) in [5.74, 6) is -1.52. The van der Waals surface area contributed by atoms with Crippen LogP contribution in [0.5, 0.6) is 0 Å². The van der Waals surface area contributed by atoms with Gasteiger partial charge in [-0.1, -0.05) is 6.92 Å². The van der Waals surface area contributed by atoms with Gasteiger partial charge < -0.3 is 15.2 Å². The highest BCUT2D eigenvalue weighted by molar-refractivity contribution is 5.84. The molecule has 1 saturated heterocycles. The van der Waals surface area contributed by atoms with Gasteiger partial charge in [0, 0.05) is 12.0 Å². The molecule has 0 amide bonds. The number of esters is 1. The van der Waals surface area contributed by atoms with Gasteiger partial charge in [-0.15, -0.1) is 0 Å². The molecule has 1 aliphatic carbocycles. The summed E-state index contributed by atoms with van der Waals surface area (Å²) < 4.78 is 5.32. The maximum absolute atomic E-state index is 12.0. The molecule has 2 N–H and O–H groups in total. The fraction of sp³-hybridized carbons (Fsp3) is 0.833. The third kappa shape index (κ3) is 1.82. The number of carbonyl (C=O) groups excluding carboxylic acids is 1. The fourth-order valence-corrected chi connectivity index (χ4v) is 2.96. The second-order valence-corrected chi connectivity index (χ2v) is 6.16. The molecule has 0 aromatic heterocycles. The van der Waals surface area contributed by atoms with E-state index in [1.54, 1.807) is 20.8 Å². The predicted molar refractivity (Wildman–Crippen MR) is 60.4 cm³/mol. The van der Waals surface area contributed by atoms with E-state index in [0.29, 0.717) is 6.54 Å². The van der Waals surface area contributed by atoms with E-state index in [-0.39, 0.29) is 11.9 Å². The highest BCUT2D eigenvalue weighted by atomic mass is 16.6.